The zero-order chi connectivity index (χ0) is 17.9. The summed E-state index contributed by atoms with van der Waals surface area (Å²) >= 11 is 4.51. The van der Waals surface area contributed by atoms with E-state index in [1.165, 1.54) is 0 Å². The van der Waals surface area contributed by atoms with E-state index in [0.29, 0.717) is 29.9 Å². The molecule has 1 aliphatic heterocycles. The molecule has 7 nitrogen and oxygen atoms in total. The third-order valence-electron chi connectivity index (χ3n) is 3.69. The van der Waals surface area contributed by atoms with Gasteiger partial charge >= 0.3 is 0 Å². The highest BCUT2D eigenvalue weighted by molar-refractivity contribution is 7.81. The van der Waals surface area contributed by atoms with Gasteiger partial charge in [0, 0.05) is 28.7 Å². The lowest BCUT2D eigenvalue weighted by atomic mass is 10.2. The molecule has 3 heterocycles. The normalized spacial score (nSPS) is 16.7. The summed E-state index contributed by atoms with van der Waals surface area (Å²) in [6.07, 6.45) is 3.33. The van der Waals surface area contributed by atoms with Crippen LogP contribution in [0.4, 0.5) is 17.5 Å². The van der Waals surface area contributed by atoms with Crippen molar-refractivity contribution in [3.63, 3.8) is 0 Å². The van der Waals surface area contributed by atoms with E-state index in [-0.39, 0.29) is 0 Å². The van der Waals surface area contributed by atoms with Crippen LogP contribution in [0.2, 0.25) is 5.02 Å². The molecule has 132 valence electrons. The van der Waals surface area contributed by atoms with E-state index in [1.807, 2.05) is 24.3 Å². The number of hydrogen-bond donors (Lipinski definition) is 1. The quantitative estimate of drug-likeness (QED) is 0.739. The van der Waals surface area contributed by atoms with Crippen molar-refractivity contribution in [2.75, 3.05) is 22.8 Å². The van der Waals surface area contributed by atoms with Gasteiger partial charge in [0.25, 0.3) is 11.3 Å². The smallest absolute Gasteiger partial charge is 0.265 e. The molecule has 0 bridgehead atoms. The van der Waals surface area contributed by atoms with Gasteiger partial charge in [-0.05, 0) is 36.4 Å². The lowest BCUT2D eigenvalue weighted by Crippen LogP contribution is -2.20. The molecule has 4 rings (SSSR count). The number of rotatable bonds is 4. The molecule has 0 amide bonds. The van der Waals surface area contributed by atoms with E-state index in [4.69, 9.17) is 15.8 Å². The Bertz CT molecular complexity index is 971. The number of halogens is 1. The highest BCUT2D eigenvalue weighted by atomic mass is 35.5. The van der Waals surface area contributed by atoms with Crippen LogP contribution in [-0.4, -0.2) is 32.3 Å². The standard InChI is InChI=1S/C17H14ClN5O2S/c18-13-2-1-3-14(11-13)21-17-20-7-5-15(22-17)12-4-6-19-16(10-12)23-8-9-25-26(23)24/h1-7,10-11H,8-9H2,(H,20,21,22). The molecule has 1 fully saturated rings. The monoisotopic (exact) mass is 387 g/mol. The first-order valence-electron chi connectivity index (χ1n) is 7.84. The van der Waals surface area contributed by atoms with Gasteiger partial charge in [-0.2, -0.15) is 0 Å². The topological polar surface area (TPSA) is 80.2 Å². The Labute approximate surface area is 157 Å². The molecule has 1 atom stereocenters. The maximum atomic E-state index is 11.8. The van der Waals surface area contributed by atoms with E-state index in [0.717, 1.165) is 16.9 Å². The predicted octanol–water partition coefficient (Wildman–Crippen LogP) is 3.35. The maximum Gasteiger partial charge on any atom is 0.265 e. The summed E-state index contributed by atoms with van der Waals surface area (Å²) in [6, 6.07) is 12.8. The summed E-state index contributed by atoms with van der Waals surface area (Å²) in [4.78, 5) is 13.1. The Morgan fingerprint density at radius 3 is 2.85 bits per heavy atom. The van der Waals surface area contributed by atoms with Crippen LogP contribution in [-0.2, 0) is 15.4 Å². The molecular formula is C17H14ClN5O2S. The lowest BCUT2D eigenvalue weighted by molar-refractivity contribution is 0.392. The maximum absolute atomic E-state index is 11.8. The molecule has 1 saturated heterocycles. The van der Waals surface area contributed by atoms with E-state index >= 15 is 0 Å². The second-order valence-corrected chi connectivity index (χ2v) is 6.99. The summed E-state index contributed by atoms with van der Waals surface area (Å²) in [5.41, 5.74) is 2.36. The molecule has 0 saturated carbocycles. The van der Waals surface area contributed by atoms with E-state index in [1.54, 1.807) is 34.9 Å². The zero-order valence-electron chi connectivity index (χ0n) is 13.5. The average Bonchev–Trinajstić information content (AvgIpc) is 3.08. The first kappa shape index (κ1) is 16.9. The van der Waals surface area contributed by atoms with Gasteiger partial charge in [0.15, 0.2) is 0 Å². The highest BCUT2D eigenvalue weighted by Gasteiger charge is 2.23. The van der Waals surface area contributed by atoms with E-state index < -0.39 is 11.3 Å². The highest BCUT2D eigenvalue weighted by Crippen LogP contribution is 2.25. The molecule has 0 spiro atoms. The van der Waals surface area contributed by atoms with Gasteiger partial charge in [0.1, 0.15) is 5.82 Å². The summed E-state index contributed by atoms with van der Waals surface area (Å²) in [6.45, 7) is 0.953. The Morgan fingerprint density at radius 1 is 1.15 bits per heavy atom. The minimum Gasteiger partial charge on any atom is -0.324 e. The van der Waals surface area contributed by atoms with Crippen molar-refractivity contribution in [3.05, 3.63) is 59.9 Å². The zero-order valence-corrected chi connectivity index (χ0v) is 15.1. The first-order valence-corrected chi connectivity index (χ1v) is 9.25. The van der Waals surface area contributed by atoms with Gasteiger partial charge in [-0.25, -0.2) is 19.2 Å². The summed E-state index contributed by atoms with van der Waals surface area (Å²) in [5.74, 6) is 1.04. The molecule has 26 heavy (non-hydrogen) atoms. The Hall–Kier alpha value is -2.55. The summed E-state index contributed by atoms with van der Waals surface area (Å²) in [5, 5.41) is 3.76. The predicted molar refractivity (Wildman–Crippen MR) is 101 cm³/mol. The molecule has 9 heteroatoms. The van der Waals surface area contributed by atoms with E-state index in [9.17, 15) is 4.21 Å². The lowest BCUT2D eigenvalue weighted by Gasteiger charge is -2.13. The number of nitrogens with zero attached hydrogens (tertiary/aromatic N) is 4. The fraction of sp³-hybridized carbons (Fsp3) is 0.118. The third kappa shape index (κ3) is 3.67. The van der Waals surface area contributed by atoms with Crippen molar-refractivity contribution in [2.24, 2.45) is 0 Å². The SMILES string of the molecule is O=S1OCCN1c1cc(-c2ccnc(Nc3cccc(Cl)c3)n2)ccn1. The number of pyridine rings is 1. The van der Waals surface area contributed by atoms with Crippen molar-refractivity contribution < 1.29 is 8.39 Å². The summed E-state index contributed by atoms with van der Waals surface area (Å²) in [7, 11) is 0. The molecule has 2 aromatic heterocycles. The van der Waals surface area contributed by atoms with Crippen LogP contribution in [0.3, 0.4) is 0 Å². The summed E-state index contributed by atoms with van der Waals surface area (Å²) < 4.78 is 18.5. The fourth-order valence-electron chi connectivity index (χ4n) is 2.51. The minimum absolute atomic E-state index is 0.416. The second kappa shape index (κ2) is 7.36. The Kier molecular flexibility index (Phi) is 4.79. The number of nitrogens with one attached hydrogen (secondary N) is 1. The fourth-order valence-corrected chi connectivity index (χ4v) is 3.52. The van der Waals surface area contributed by atoms with E-state index in [2.05, 4.69) is 20.3 Å². The Morgan fingerprint density at radius 2 is 2.04 bits per heavy atom. The van der Waals surface area contributed by atoms with Gasteiger partial charge in [0.05, 0.1) is 18.8 Å². The van der Waals surface area contributed by atoms with Crippen molar-refractivity contribution >= 4 is 40.3 Å². The molecule has 1 aromatic carbocycles. The van der Waals surface area contributed by atoms with Crippen LogP contribution >= 0.6 is 11.6 Å². The number of anilines is 3. The molecule has 1 N–H and O–H groups in total. The molecule has 3 aromatic rings. The van der Waals surface area contributed by atoms with Gasteiger partial charge in [0.2, 0.25) is 5.95 Å². The van der Waals surface area contributed by atoms with Crippen molar-refractivity contribution in [1.82, 2.24) is 15.0 Å². The molecule has 0 radical (unpaired) electrons. The third-order valence-corrected chi connectivity index (χ3v) is 5.02. The largest absolute Gasteiger partial charge is 0.324 e. The van der Waals surface area contributed by atoms with Crippen molar-refractivity contribution in [3.8, 4) is 11.3 Å². The van der Waals surface area contributed by atoms with Gasteiger partial charge < -0.3 is 5.32 Å². The Balaban J connectivity index is 1.61. The minimum atomic E-state index is -1.50. The molecular weight excluding hydrogens is 374 g/mol. The van der Waals surface area contributed by atoms with Crippen LogP contribution in [0.15, 0.2) is 54.9 Å². The van der Waals surface area contributed by atoms with Crippen LogP contribution in [0.1, 0.15) is 0 Å². The van der Waals surface area contributed by atoms with Gasteiger partial charge in [-0.3, -0.25) is 8.49 Å². The van der Waals surface area contributed by atoms with Crippen LogP contribution in [0.25, 0.3) is 11.3 Å². The second-order valence-electron chi connectivity index (χ2n) is 5.44. The number of aromatic nitrogens is 3. The molecule has 1 aliphatic rings. The van der Waals surface area contributed by atoms with Gasteiger partial charge in [-0.1, -0.05) is 17.7 Å². The van der Waals surface area contributed by atoms with Crippen LogP contribution in [0, 0.1) is 0 Å². The number of hydrogen-bond acceptors (Lipinski definition) is 6. The molecule has 0 aliphatic carbocycles. The molecule has 1 unspecified atom stereocenters. The van der Waals surface area contributed by atoms with Gasteiger partial charge in [-0.15, -0.1) is 0 Å². The van der Waals surface area contributed by atoms with Crippen molar-refractivity contribution in [1.29, 1.82) is 0 Å². The van der Waals surface area contributed by atoms with Crippen LogP contribution in [0.5, 0.6) is 0 Å². The average molecular weight is 388 g/mol. The first-order chi connectivity index (χ1) is 12.7. The van der Waals surface area contributed by atoms with Crippen molar-refractivity contribution in [2.45, 2.75) is 0 Å². The number of benzene rings is 1. The van der Waals surface area contributed by atoms with Crippen LogP contribution < -0.4 is 9.62 Å².